The molecule has 128 valence electrons. The number of halogens is 1. The second-order valence-electron chi connectivity index (χ2n) is 6.38. The molecule has 0 bridgehead atoms. The fourth-order valence-corrected chi connectivity index (χ4v) is 3.54. The van der Waals surface area contributed by atoms with Crippen LogP contribution in [-0.2, 0) is 16.6 Å². The number of nitrogens with zero attached hydrogens (tertiary/aromatic N) is 2. The normalized spacial score (nSPS) is 16.7. The molecule has 4 rings (SSSR count). The first-order valence-corrected chi connectivity index (χ1v) is 8.85. The maximum absolute atomic E-state index is 6.06. The predicted octanol–water partition coefficient (Wildman–Crippen LogP) is 4.41. The lowest BCUT2D eigenvalue weighted by Crippen LogP contribution is -2.35. The van der Waals surface area contributed by atoms with Crippen molar-refractivity contribution in [2.75, 3.05) is 13.2 Å². The molecule has 0 unspecified atom stereocenters. The van der Waals surface area contributed by atoms with E-state index in [4.69, 9.17) is 25.8 Å². The van der Waals surface area contributed by atoms with Crippen molar-refractivity contribution >= 4 is 11.6 Å². The molecule has 0 atom stereocenters. The number of rotatable bonds is 4. The molecule has 0 aliphatic carbocycles. The Hall–Kier alpha value is -2.17. The van der Waals surface area contributed by atoms with Crippen molar-refractivity contribution in [1.29, 1.82) is 0 Å². The van der Waals surface area contributed by atoms with E-state index in [1.807, 2.05) is 30.3 Å². The maximum atomic E-state index is 6.06. The lowest BCUT2D eigenvalue weighted by molar-refractivity contribution is 0.0523. The molecule has 1 fully saturated rings. The fraction of sp³-hybridized carbons (Fsp3) is 0.300. The van der Waals surface area contributed by atoms with Gasteiger partial charge in [-0.05, 0) is 36.1 Å². The number of aromatic nitrogens is 2. The molecule has 0 spiro atoms. The van der Waals surface area contributed by atoms with Gasteiger partial charge in [-0.3, -0.25) is 0 Å². The van der Waals surface area contributed by atoms with Crippen LogP contribution in [0.4, 0.5) is 0 Å². The third-order valence-corrected chi connectivity index (χ3v) is 5.08. The summed E-state index contributed by atoms with van der Waals surface area (Å²) < 4.78 is 11.3. The van der Waals surface area contributed by atoms with Crippen LogP contribution in [0.5, 0.6) is 0 Å². The summed E-state index contributed by atoms with van der Waals surface area (Å²) >= 11 is 6.06. The first-order chi connectivity index (χ1) is 12.3. The molecule has 4 nitrogen and oxygen atoms in total. The summed E-state index contributed by atoms with van der Waals surface area (Å²) in [7, 11) is 0. The van der Waals surface area contributed by atoms with Crippen LogP contribution >= 0.6 is 11.6 Å². The van der Waals surface area contributed by atoms with E-state index >= 15 is 0 Å². The Labute approximate surface area is 151 Å². The molecule has 0 N–H and O–H groups in total. The van der Waals surface area contributed by atoms with Crippen molar-refractivity contribution in [3.63, 3.8) is 0 Å². The Bertz CT molecular complexity index is 824. The smallest absolute Gasteiger partial charge is 0.237 e. The van der Waals surface area contributed by atoms with Crippen molar-refractivity contribution in [2.45, 2.75) is 24.7 Å². The van der Waals surface area contributed by atoms with Gasteiger partial charge in [0.2, 0.25) is 5.89 Å². The summed E-state index contributed by atoms with van der Waals surface area (Å²) in [6.45, 7) is 1.36. The van der Waals surface area contributed by atoms with Crippen molar-refractivity contribution in [3.8, 4) is 0 Å². The summed E-state index contributed by atoms with van der Waals surface area (Å²) in [5.41, 5.74) is 2.02. The van der Waals surface area contributed by atoms with E-state index in [-0.39, 0.29) is 5.41 Å². The zero-order valence-electron chi connectivity index (χ0n) is 13.8. The molecule has 0 radical (unpaired) electrons. The summed E-state index contributed by atoms with van der Waals surface area (Å²) in [4.78, 5) is 4.73. The second-order valence-corrected chi connectivity index (χ2v) is 6.82. The molecule has 25 heavy (non-hydrogen) atoms. The SMILES string of the molecule is Clc1ccc(C2(c3nc(Cc4ccccc4)no3)CCOCC2)cc1. The van der Waals surface area contributed by atoms with Gasteiger partial charge in [-0.2, -0.15) is 4.98 Å². The molecule has 1 saturated heterocycles. The van der Waals surface area contributed by atoms with E-state index in [9.17, 15) is 0 Å². The molecule has 1 aliphatic heterocycles. The van der Waals surface area contributed by atoms with Crippen molar-refractivity contribution in [2.24, 2.45) is 0 Å². The number of benzene rings is 2. The van der Waals surface area contributed by atoms with Crippen LogP contribution < -0.4 is 0 Å². The quantitative estimate of drug-likeness (QED) is 0.696. The van der Waals surface area contributed by atoms with Gasteiger partial charge in [0.05, 0.1) is 5.41 Å². The third kappa shape index (κ3) is 3.32. The highest BCUT2D eigenvalue weighted by atomic mass is 35.5. The van der Waals surface area contributed by atoms with Crippen LogP contribution in [0.15, 0.2) is 59.1 Å². The zero-order chi connectivity index (χ0) is 17.1. The van der Waals surface area contributed by atoms with Gasteiger partial charge in [0, 0.05) is 24.7 Å². The number of hydrogen-bond donors (Lipinski definition) is 0. The van der Waals surface area contributed by atoms with Crippen LogP contribution in [0.2, 0.25) is 5.02 Å². The van der Waals surface area contributed by atoms with E-state index < -0.39 is 0 Å². The van der Waals surface area contributed by atoms with E-state index in [0.717, 1.165) is 23.4 Å². The molecule has 1 aromatic heterocycles. The largest absolute Gasteiger partial charge is 0.381 e. The standard InChI is InChI=1S/C20H19ClN2O2/c21-17-8-6-16(7-9-17)20(10-12-24-13-11-20)19-22-18(23-25-19)14-15-4-2-1-3-5-15/h1-9H,10-14H2. The second kappa shape index (κ2) is 6.98. The van der Waals surface area contributed by atoms with Crippen molar-refractivity contribution in [1.82, 2.24) is 10.1 Å². The number of ether oxygens (including phenoxy) is 1. The van der Waals surface area contributed by atoms with E-state index in [1.54, 1.807) is 0 Å². The van der Waals surface area contributed by atoms with E-state index in [2.05, 4.69) is 29.4 Å². The average molecular weight is 355 g/mol. The van der Waals surface area contributed by atoms with Crippen LogP contribution in [0.1, 0.15) is 35.7 Å². The highest BCUT2D eigenvalue weighted by molar-refractivity contribution is 6.30. The summed E-state index contributed by atoms with van der Waals surface area (Å²) in [5, 5.41) is 4.95. The van der Waals surface area contributed by atoms with Crippen LogP contribution in [0, 0.1) is 0 Å². The average Bonchev–Trinajstić information content (AvgIpc) is 3.13. The van der Waals surface area contributed by atoms with Gasteiger partial charge in [-0.25, -0.2) is 0 Å². The number of hydrogen-bond acceptors (Lipinski definition) is 4. The molecule has 0 amide bonds. The summed E-state index contributed by atoms with van der Waals surface area (Å²) in [6, 6.07) is 18.1. The van der Waals surface area contributed by atoms with Gasteiger partial charge < -0.3 is 9.26 Å². The third-order valence-electron chi connectivity index (χ3n) is 4.83. The minimum Gasteiger partial charge on any atom is -0.381 e. The zero-order valence-corrected chi connectivity index (χ0v) is 14.6. The molecule has 3 aromatic rings. The molecule has 0 saturated carbocycles. The minimum atomic E-state index is -0.301. The lowest BCUT2D eigenvalue weighted by Gasteiger charge is -2.34. The highest BCUT2D eigenvalue weighted by Crippen LogP contribution is 2.40. The Morgan fingerprint density at radius 1 is 0.960 bits per heavy atom. The van der Waals surface area contributed by atoms with Gasteiger partial charge >= 0.3 is 0 Å². The van der Waals surface area contributed by atoms with Crippen molar-refractivity contribution < 1.29 is 9.26 Å². The van der Waals surface area contributed by atoms with Crippen molar-refractivity contribution in [3.05, 3.63) is 82.5 Å². The minimum absolute atomic E-state index is 0.301. The Kier molecular flexibility index (Phi) is 4.55. The summed E-state index contributed by atoms with van der Waals surface area (Å²) in [6.07, 6.45) is 2.31. The monoisotopic (exact) mass is 354 g/mol. The lowest BCUT2D eigenvalue weighted by atomic mass is 9.74. The Morgan fingerprint density at radius 3 is 2.40 bits per heavy atom. The predicted molar refractivity (Wildman–Crippen MR) is 95.8 cm³/mol. The topological polar surface area (TPSA) is 48.2 Å². The maximum Gasteiger partial charge on any atom is 0.237 e. The van der Waals surface area contributed by atoms with E-state index in [1.165, 1.54) is 5.56 Å². The molecule has 5 heteroatoms. The first kappa shape index (κ1) is 16.3. The molecule has 2 aromatic carbocycles. The fourth-order valence-electron chi connectivity index (χ4n) is 3.41. The Balaban J connectivity index is 1.67. The van der Waals surface area contributed by atoms with E-state index in [0.29, 0.717) is 31.3 Å². The van der Waals surface area contributed by atoms with Gasteiger partial charge in [-0.15, -0.1) is 0 Å². The summed E-state index contributed by atoms with van der Waals surface area (Å²) in [5.74, 6) is 1.38. The molecular weight excluding hydrogens is 336 g/mol. The van der Waals surface area contributed by atoms with Crippen LogP contribution in [0.25, 0.3) is 0 Å². The van der Waals surface area contributed by atoms with Crippen LogP contribution in [-0.4, -0.2) is 23.4 Å². The van der Waals surface area contributed by atoms with Gasteiger partial charge in [-0.1, -0.05) is 59.2 Å². The molecule has 1 aliphatic rings. The highest BCUT2D eigenvalue weighted by Gasteiger charge is 2.41. The van der Waals surface area contributed by atoms with Gasteiger partial charge in [0.15, 0.2) is 5.82 Å². The van der Waals surface area contributed by atoms with Gasteiger partial charge in [0.25, 0.3) is 0 Å². The molecule has 2 heterocycles. The Morgan fingerprint density at radius 2 is 1.68 bits per heavy atom. The molecular formula is C20H19ClN2O2. The van der Waals surface area contributed by atoms with Crippen LogP contribution in [0.3, 0.4) is 0 Å². The first-order valence-electron chi connectivity index (χ1n) is 8.47. The van der Waals surface area contributed by atoms with Gasteiger partial charge in [0.1, 0.15) is 0 Å².